The summed E-state index contributed by atoms with van der Waals surface area (Å²) in [7, 11) is -7.83. The lowest BCUT2D eigenvalue weighted by atomic mass is 10.2. The standard InChI is InChI=1S/C20H25N3O5S2/c1-16(2)21-20(24)19-15-22(29(25,26)17-9-5-3-6-10-17)13-14-23(19)30(27,28)18-11-7-4-8-12-18/h3-12,16,19H,13-15H2,1-2H3,(H,21,24)/t19-/m1/s1. The van der Waals surface area contributed by atoms with E-state index in [4.69, 9.17) is 0 Å². The number of rotatable bonds is 6. The number of nitrogens with zero attached hydrogens (tertiary/aromatic N) is 2. The molecule has 1 N–H and O–H groups in total. The fourth-order valence-electron chi connectivity index (χ4n) is 3.31. The summed E-state index contributed by atoms with van der Waals surface area (Å²) in [4.78, 5) is 13.0. The zero-order chi connectivity index (χ0) is 21.9. The molecular formula is C20H25N3O5S2. The van der Waals surface area contributed by atoms with Gasteiger partial charge in [0.15, 0.2) is 0 Å². The lowest BCUT2D eigenvalue weighted by Crippen LogP contribution is -2.61. The molecule has 1 saturated heterocycles. The molecule has 8 nitrogen and oxygen atoms in total. The first-order valence-electron chi connectivity index (χ1n) is 9.56. The second kappa shape index (κ2) is 8.84. The highest BCUT2D eigenvalue weighted by Crippen LogP contribution is 2.25. The molecule has 0 spiro atoms. The number of nitrogens with one attached hydrogen (secondary N) is 1. The second-order valence-corrected chi connectivity index (χ2v) is 11.1. The Balaban J connectivity index is 1.96. The molecule has 0 aromatic heterocycles. The molecule has 0 bridgehead atoms. The quantitative estimate of drug-likeness (QED) is 0.712. The maximum absolute atomic E-state index is 13.2. The van der Waals surface area contributed by atoms with E-state index in [1.165, 1.54) is 28.6 Å². The van der Waals surface area contributed by atoms with Gasteiger partial charge in [-0.25, -0.2) is 16.8 Å². The molecule has 2 aromatic carbocycles. The van der Waals surface area contributed by atoms with Gasteiger partial charge in [0.25, 0.3) is 0 Å². The van der Waals surface area contributed by atoms with Crippen LogP contribution in [0.3, 0.4) is 0 Å². The van der Waals surface area contributed by atoms with E-state index in [-0.39, 0.29) is 35.5 Å². The van der Waals surface area contributed by atoms with Crippen LogP contribution in [0.1, 0.15) is 13.8 Å². The predicted octanol–water partition coefficient (Wildman–Crippen LogP) is 1.28. The Kier molecular flexibility index (Phi) is 6.61. The molecule has 0 aliphatic carbocycles. The number of carbonyl (C=O) groups excluding carboxylic acids is 1. The number of carbonyl (C=O) groups is 1. The average Bonchev–Trinajstić information content (AvgIpc) is 2.74. The summed E-state index contributed by atoms with van der Waals surface area (Å²) in [6, 6.07) is 14.3. The number of sulfonamides is 2. The first kappa shape index (κ1) is 22.4. The zero-order valence-electron chi connectivity index (χ0n) is 16.8. The van der Waals surface area contributed by atoms with Crippen LogP contribution in [0.25, 0.3) is 0 Å². The fraction of sp³-hybridized carbons (Fsp3) is 0.350. The van der Waals surface area contributed by atoms with Crippen molar-refractivity contribution in [3.8, 4) is 0 Å². The zero-order valence-corrected chi connectivity index (χ0v) is 18.4. The van der Waals surface area contributed by atoms with Crippen molar-refractivity contribution < 1.29 is 21.6 Å². The van der Waals surface area contributed by atoms with Gasteiger partial charge in [-0.1, -0.05) is 36.4 Å². The molecular weight excluding hydrogens is 426 g/mol. The topological polar surface area (TPSA) is 104 Å². The predicted molar refractivity (Wildman–Crippen MR) is 113 cm³/mol. The molecule has 1 aliphatic rings. The summed E-state index contributed by atoms with van der Waals surface area (Å²) in [5.74, 6) is -0.530. The molecule has 3 rings (SSSR count). The summed E-state index contributed by atoms with van der Waals surface area (Å²) in [6.45, 7) is 3.08. The SMILES string of the molecule is CC(C)NC(=O)[C@H]1CN(S(=O)(=O)c2ccccc2)CCN1S(=O)(=O)c1ccccc1. The third-order valence-electron chi connectivity index (χ3n) is 4.76. The minimum Gasteiger partial charge on any atom is -0.352 e. The van der Waals surface area contributed by atoms with Crippen LogP contribution in [0.4, 0.5) is 0 Å². The lowest BCUT2D eigenvalue weighted by Gasteiger charge is -2.39. The Morgan fingerprint density at radius 2 is 1.37 bits per heavy atom. The summed E-state index contributed by atoms with van der Waals surface area (Å²) < 4.78 is 54.7. The minimum absolute atomic E-state index is 0.0469. The summed E-state index contributed by atoms with van der Waals surface area (Å²) in [6.07, 6.45) is 0. The van der Waals surface area contributed by atoms with Gasteiger partial charge in [-0.3, -0.25) is 4.79 Å². The molecule has 30 heavy (non-hydrogen) atoms. The van der Waals surface area contributed by atoms with E-state index in [1.807, 2.05) is 0 Å². The summed E-state index contributed by atoms with van der Waals surface area (Å²) >= 11 is 0. The maximum atomic E-state index is 13.2. The number of piperazine rings is 1. The van der Waals surface area contributed by atoms with Crippen molar-refractivity contribution in [3.63, 3.8) is 0 Å². The van der Waals surface area contributed by atoms with Crippen LogP contribution in [0.5, 0.6) is 0 Å². The molecule has 0 saturated carbocycles. The van der Waals surface area contributed by atoms with Gasteiger partial charge >= 0.3 is 0 Å². The highest BCUT2D eigenvalue weighted by atomic mass is 32.2. The van der Waals surface area contributed by atoms with Crippen molar-refractivity contribution in [2.45, 2.75) is 35.7 Å². The maximum Gasteiger partial charge on any atom is 0.243 e. The Morgan fingerprint density at radius 3 is 1.87 bits per heavy atom. The third-order valence-corrected chi connectivity index (χ3v) is 8.56. The summed E-state index contributed by atoms with van der Waals surface area (Å²) in [5, 5.41) is 2.71. The van der Waals surface area contributed by atoms with Gasteiger partial charge in [0, 0.05) is 25.7 Å². The van der Waals surface area contributed by atoms with Crippen molar-refractivity contribution in [2.75, 3.05) is 19.6 Å². The molecule has 1 atom stereocenters. The van der Waals surface area contributed by atoms with Gasteiger partial charge in [0.05, 0.1) is 9.79 Å². The van der Waals surface area contributed by atoms with Crippen LogP contribution in [-0.4, -0.2) is 63.1 Å². The van der Waals surface area contributed by atoms with Crippen LogP contribution in [0.2, 0.25) is 0 Å². The molecule has 2 aromatic rings. The number of hydrogen-bond acceptors (Lipinski definition) is 5. The van der Waals surface area contributed by atoms with E-state index in [0.717, 1.165) is 4.31 Å². The van der Waals surface area contributed by atoms with Gasteiger partial charge in [0.1, 0.15) is 6.04 Å². The van der Waals surface area contributed by atoms with Crippen LogP contribution in [0.15, 0.2) is 70.5 Å². The van der Waals surface area contributed by atoms with E-state index >= 15 is 0 Å². The fourth-order valence-corrected chi connectivity index (χ4v) is 6.36. The Labute approximate surface area is 177 Å². The highest BCUT2D eigenvalue weighted by Gasteiger charge is 2.43. The van der Waals surface area contributed by atoms with Crippen molar-refractivity contribution >= 4 is 26.0 Å². The van der Waals surface area contributed by atoms with E-state index in [9.17, 15) is 21.6 Å². The lowest BCUT2D eigenvalue weighted by molar-refractivity contribution is -0.126. The number of hydrogen-bond donors (Lipinski definition) is 1. The van der Waals surface area contributed by atoms with E-state index in [1.54, 1.807) is 50.2 Å². The number of benzene rings is 2. The smallest absolute Gasteiger partial charge is 0.243 e. The van der Waals surface area contributed by atoms with Crippen LogP contribution < -0.4 is 5.32 Å². The monoisotopic (exact) mass is 451 g/mol. The van der Waals surface area contributed by atoms with Crippen LogP contribution in [-0.2, 0) is 24.8 Å². The van der Waals surface area contributed by atoms with E-state index < -0.39 is 32.0 Å². The Morgan fingerprint density at radius 1 is 0.867 bits per heavy atom. The molecule has 0 unspecified atom stereocenters. The van der Waals surface area contributed by atoms with Crippen molar-refractivity contribution in [2.24, 2.45) is 0 Å². The Bertz CT molecular complexity index is 1090. The van der Waals surface area contributed by atoms with E-state index in [2.05, 4.69) is 5.32 Å². The van der Waals surface area contributed by atoms with Gasteiger partial charge in [-0.15, -0.1) is 0 Å². The molecule has 1 amide bonds. The molecule has 10 heteroatoms. The van der Waals surface area contributed by atoms with Crippen molar-refractivity contribution in [1.29, 1.82) is 0 Å². The van der Waals surface area contributed by atoms with E-state index in [0.29, 0.717) is 0 Å². The normalized spacial score (nSPS) is 19.0. The second-order valence-electron chi connectivity index (χ2n) is 7.28. The molecule has 162 valence electrons. The molecule has 1 fully saturated rings. The highest BCUT2D eigenvalue weighted by molar-refractivity contribution is 7.89. The van der Waals surface area contributed by atoms with Gasteiger partial charge in [-0.2, -0.15) is 8.61 Å². The summed E-state index contributed by atoms with van der Waals surface area (Å²) in [5.41, 5.74) is 0. The van der Waals surface area contributed by atoms with Gasteiger partial charge in [-0.05, 0) is 38.1 Å². The van der Waals surface area contributed by atoms with Gasteiger partial charge < -0.3 is 5.32 Å². The van der Waals surface area contributed by atoms with Crippen molar-refractivity contribution in [1.82, 2.24) is 13.9 Å². The third kappa shape index (κ3) is 4.56. The number of amides is 1. The largest absolute Gasteiger partial charge is 0.352 e. The average molecular weight is 452 g/mol. The first-order chi connectivity index (χ1) is 14.1. The van der Waals surface area contributed by atoms with Crippen LogP contribution in [0, 0.1) is 0 Å². The first-order valence-corrected chi connectivity index (χ1v) is 12.4. The van der Waals surface area contributed by atoms with Crippen molar-refractivity contribution in [3.05, 3.63) is 60.7 Å². The van der Waals surface area contributed by atoms with Gasteiger partial charge in [0.2, 0.25) is 26.0 Å². The Hall–Kier alpha value is -2.27. The van der Waals surface area contributed by atoms with Crippen LogP contribution >= 0.6 is 0 Å². The molecule has 1 heterocycles. The molecule has 0 radical (unpaired) electrons. The minimum atomic E-state index is -3.97. The molecule has 1 aliphatic heterocycles.